The fraction of sp³-hybridized carbons (Fsp3) is 0.467. The fourth-order valence-corrected chi connectivity index (χ4v) is 2.25. The molecule has 1 aliphatic rings. The molecule has 2 N–H and O–H groups in total. The van der Waals surface area contributed by atoms with Crippen molar-refractivity contribution in [3.63, 3.8) is 0 Å². The van der Waals surface area contributed by atoms with Crippen LogP contribution in [0, 0.1) is 0 Å². The molecule has 6 nitrogen and oxygen atoms in total. The van der Waals surface area contributed by atoms with Crippen molar-refractivity contribution < 1.29 is 19.4 Å². The minimum absolute atomic E-state index is 0.00329. The van der Waals surface area contributed by atoms with Crippen LogP contribution in [0.1, 0.15) is 18.9 Å². The second-order valence-corrected chi connectivity index (χ2v) is 5.20. The first-order valence-electron chi connectivity index (χ1n) is 6.94. The smallest absolute Gasteiger partial charge is 0.332 e. The number of ether oxygens (including phenoxy) is 1. The normalized spacial score (nSPS) is 21.0. The number of benzene rings is 1. The molecule has 0 saturated carbocycles. The van der Waals surface area contributed by atoms with Crippen LogP contribution in [0.25, 0.3) is 0 Å². The second kappa shape index (κ2) is 6.13. The van der Waals surface area contributed by atoms with Crippen molar-refractivity contribution in [1.29, 1.82) is 0 Å². The number of anilines is 1. The molecule has 0 radical (unpaired) electrons. The number of urea groups is 1. The van der Waals surface area contributed by atoms with Crippen LogP contribution in [0.3, 0.4) is 0 Å². The maximum absolute atomic E-state index is 12.3. The van der Waals surface area contributed by atoms with Crippen LogP contribution < -0.4 is 10.2 Å². The highest BCUT2D eigenvalue weighted by molar-refractivity contribution is 5.95. The Morgan fingerprint density at radius 2 is 2.05 bits per heavy atom. The lowest BCUT2D eigenvalue weighted by Crippen LogP contribution is -2.58. The molecule has 1 atom stereocenters. The monoisotopic (exact) mass is 292 g/mol. The number of nitrogens with one attached hydrogen (secondary N) is 1. The van der Waals surface area contributed by atoms with Gasteiger partial charge in [0.15, 0.2) is 5.54 Å². The number of carboxylic acid groups (broad SMARTS) is 1. The van der Waals surface area contributed by atoms with E-state index in [4.69, 9.17) is 4.74 Å². The Hall–Kier alpha value is -2.08. The fourth-order valence-electron chi connectivity index (χ4n) is 2.25. The molecule has 2 amide bonds. The van der Waals surface area contributed by atoms with Crippen LogP contribution in [0.15, 0.2) is 24.3 Å². The molecule has 1 fully saturated rings. The number of carbonyl (C=O) groups excluding carboxylic acids is 1. The Labute approximate surface area is 123 Å². The molecule has 0 aliphatic carbocycles. The molecule has 1 unspecified atom stereocenters. The van der Waals surface area contributed by atoms with Crippen molar-refractivity contribution in [3.05, 3.63) is 29.8 Å². The molecule has 1 aromatic carbocycles. The summed E-state index contributed by atoms with van der Waals surface area (Å²) in [4.78, 5) is 25.1. The molecule has 6 heteroatoms. The van der Waals surface area contributed by atoms with Crippen LogP contribution in [-0.2, 0) is 16.0 Å². The summed E-state index contributed by atoms with van der Waals surface area (Å²) in [5.74, 6) is -1.07. The predicted molar refractivity (Wildman–Crippen MR) is 78.6 cm³/mol. The van der Waals surface area contributed by atoms with Gasteiger partial charge in [-0.05, 0) is 24.1 Å². The first kappa shape index (κ1) is 15.3. The first-order valence-corrected chi connectivity index (χ1v) is 6.94. The molecule has 2 rings (SSSR count). The molecule has 1 heterocycles. The Kier molecular flexibility index (Phi) is 4.47. The molecule has 21 heavy (non-hydrogen) atoms. The van der Waals surface area contributed by atoms with Crippen molar-refractivity contribution in [3.8, 4) is 0 Å². The van der Waals surface area contributed by atoms with Gasteiger partial charge >= 0.3 is 12.0 Å². The van der Waals surface area contributed by atoms with E-state index in [9.17, 15) is 14.7 Å². The van der Waals surface area contributed by atoms with Crippen molar-refractivity contribution >= 4 is 17.7 Å². The maximum Gasteiger partial charge on any atom is 0.332 e. The lowest BCUT2D eigenvalue weighted by atomic mass is 9.99. The minimum Gasteiger partial charge on any atom is -0.479 e. The standard InChI is InChI=1S/C15H20N2O4/c1-3-11-4-6-12(7-5-11)17(2)14(20)16-15(13(18)19)8-9-21-10-15/h4-7H,3,8-10H2,1-2H3,(H,16,20)(H,18,19). The number of carboxylic acids is 1. The van der Waals surface area contributed by atoms with Gasteiger partial charge < -0.3 is 15.2 Å². The molecule has 114 valence electrons. The average Bonchev–Trinajstić information content (AvgIpc) is 2.96. The summed E-state index contributed by atoms with van der Waals surface area (Å²) in [5.41, 5.74) is 0.567. The highest BCUT2D eigenvalue weighted by atomic mass is 16.5. The van der Waals surface area contributed by atoms with Gasteiger partial charge in [-0.2, -0.15) is 0 Å². The third kappa shape index (κ3) is 3.16. The van der Waals surface area contributed by atoms with Gasteiger partial charge in [0.1, 0.15) is 0 Å². The number of hydrogen-bond acceptors (Lipinski definition) is 3. The molecule has 1 saturated heterocycles. The van der Waals surface area contributed by atoms with E-state index in [-0.39, 0.29) is 13.0 Å². The number of aliphatic carboxylic acids is 1. The van der Waals surface area contributed by atoms with Gasteiger partial charge in [0.2, 0.25) is 0 Å². The minimum atomic E-state index is -1.32. The highest BCUT2D eigenvalue weighted by Crippen LogP contribution is 2.21. The van der Waals surface area contributed by atoms with Crippen LogP contribution in [0.5, 0.6) is 0 Å². The van der Waals surface area contributed by atoms with Crippen LogP contribution >= 0.6 is 0 Å². The number of hydrogen-bond donors (Lipinski definition) is 2. The molecular formula is C15H20N2O4. The maximum atomic E-state index is 12.3. The zero-order valence-corrected chi connectivity index (χ0v) is 12.3. The Morgan fingerprint density at radius 1 is 1.38 bits per heavy atom. The lowest BCUT2D eigenvalue weighted by molar-refractivity contribution is -0.144. The van der Waals surface area contributed by atoms with Crippen LogP contribution in [0.4, 0.5) is 10.5 Å². The predicted octanol–water partition coefficient (Wildman–Crippen LogP) is 1.64. The molecular weight excluding hydrogens is 272 g/mol. The molecule has 0 spiro atoms. The Bertz CT molecular complexity index is 521. The van der Waals surface area contributed by atoms with E-state index in [1.165, 1.54) is 10.5 Å². The highest BCUT2D eigenvalue weighted by Gasteiger charge is 2.44. The van der Waals surface area contributed by atoms with Gasteiger partial charge in [-0.1, -0.05) is 19.1 Å². The third-order valence-corrected chi connectivity index (χ3v) is 3.81. The summed E-state index contributed by atoms with van der Waals surface area (Å²) in [6, 6.07) is 7.14. The van der Waals surface area contributed by atoms with Crippen LogP contribution in [-0.4, -0.2) is 42.9 Å². The number of rotatable bonds is 4. The first-order chi connectivity index (χ1) is 9.98. The summed E-state index contributed by atoms with van der Waals surface area (Å²) in [7, 11) is 1.61. The second-order valence-electron chi connectivity index (χ2n) is 5.20. The summed E-state index contributed by atoms with van der Waals surface area (Å²) in [5, 5.41) is 11.9. The zero-order valence-electron chi connectivity index (χ0n) is 12.3. The molecule has 1 aromatic rings. The summed E-state index contributed by atoms with van der Waals surface area (Å²) < 4.78 is 5.12. The van der Waals surface area contributed by atoms with Gasteiger partial charge in [0.05, 0.1) is 6.61 Å². The number of nitrogens with zero attached hydrogens (tertiary/aromatic N) is 1. The topological polar surface area (TPSA) is 78.9 Å². The Morgan fingerprint density at radius 3 is 2.52 bits per heavy atom. The molecule has 1 aliphatic heterocycles. The van der Waals surface area contributed by atoms with Gasteiger partial charge in [-0.3, -0.25) is 4.90 Å². The quantitative estimate of drug-likeness (QED) is 0.884. The van der Waals surface area contributed by atoms with E-state index in [0.717, 1.165) is 6.42 Å². The van der Waals surface area contributed by atoms with E-state index < -0.39 is 17.5 Å². The lowest BCUT2D eigenvalue weighted by Gasteiger charge is -2.27. The van der Waals surface area contributed by atoms with E-state index in [1.807, 2.05) is 24.3 Å². The van der Waals surface area contributed by atoms with Crippen molar-refractivity contribution in [2.75, 3.05) is 25.2 Å². The third-order valence-electron chi connectivity index (χ3n) is 3.81. The zero-order chi connectivity index (χ0) is 15.5. The van der Waals surface area contributed by atoms with Crippen molar-refractivity contribution in [1.82, 2.24) is 5.32 Å². The van der Waals surface area contributed by atoms with E-state index in [1.54, 1.807) is 7.05 Å². The summed E-state index contributed by atoms with van der Waals surface area (Å²) in [6.45, 7) is 2.39. The van der Waals surface area contributed by atoms with Gasteiger partial charge in [-0.15, -0.1) is 0 Å². The van der Waals surface area contributed by atoms with Crippen molar-refractivity contribution in [2.45, 2.75) is 25.3 Å². The van der Waals surface area contributed by atoms with E-state index in [0.29, 0.717) is 12.3 Å². The van der Waals surface area contributed by atoms with E-state index in [2.05, 4.69) is 12.2 Å². The van der Waals surface area contributed by atoms with Gasteiger partial charge in [-0.25, -0.2) is 9.59 Å². The summed E-state index contributed by atoms with van der Waals surface area (Å²) >= 11 is 0. The van der Waals surface area contributed by atoms with E-state index >= 15 is 0 Å². The van der Waals surface area contributed by atoms with Gasteiger partial charge in [0.25, 0.3) is 0 Å². The molecule has 0 bridgehead atoms. The Balaban J connectivity index is 2.09. The van der Waals surface area contributed by atoms with Crippen molar-refractivity contribution in [2.24, 2.45) is 0 Å². The largest absolute Gasteiger partial charge is 0.479 e. The SMILES string of the molecule is CCc1ccc(N(C)C(=O)NC2(C(=O)O)CCOC2)cc1. The summed E-state index contributed by atoms with van der Waals surface area (Å²) in [6.07, 6.45) is 1.20. The number of amides is 2. The number of carbonyl (C=O) groups is 2. The van der Waals surface area contributed by atoms with Gasteiger partial charge in [0, 0.05) is 25.8 Å². The average molecular weight is 292 g/mol. The molecule has 0 aromatic heterocycles. The number of aryl methyl sites for hydroxylation is 1. The van der Waals surface area contributed by atoms with Crippen LogP contribution in [0.2, 0.25) is 0 Å².